The van der Waals surface area contributed by atoms with E-state index in [9.17, 15) is 26.7 Å². The van der Waals surface area contributed by atoms with Gasteiger partial charge in [0.15, 0.2) is 0 Å². The van der Waals surface area contributed by atoms with E-state index in [2.05, 4.69) is 9.72 Å². The zero-order valence-corrected chi connectivity index (χ0v) is 9.09. The number of hydrogen-bond donors (Lipinski definition) is 0. The van der Waals surface area contributed by atoms with E-state index >= 15 is 0 Å². The number of halogens is 5. The number of ether oxygens (including phenoxy) is 1. The largest absolute Gasteiger partial charge is 0.469 e. The molecule has 0 saturated carbocycles. The Bertz CT molecular complexity index is 444. The molecule has 0 fully saturated rings. The molecule has 0 spiro atoms. The van der Waals surface area contributed by atoms with Crippen LogP contribution < -0.4 is 0 Å². The Kier molecular flexibility index (Phi) is 4.20. The lowest BCUT2D eigenvalue weighted by Gasteiger charge is -2.11. The highest BCUT2D eigenvalue weighted by Gasteiger charge is 2.34. The molecule has 0 bridgehead atoms. The van der Waals surface area contributed by atoms with Crippen LogP contribution in [0.25, 0.3) is 0 Å². The normalized spacial score (nSPS) is 11.7. The first-order valence-corrected chi connectivity index (χ1v) is 4.66. The molecular formula is C10H8F5NO2. The summed E-state index contributed by atoms with van der Waals surface area (Å²) < 4.78 is 66.3. The number of nitrogens with zero attached hydrogens (tertiary/aromatic N) is 1. The lowest BCUT2D eigenvalue weighted by molar-refractivity contribution is -0.141. The van der Waals surface area contributed by atoms with Crippen molar-refractivity contribution in [1.82, 2.24) is 4.98 Å². The number of hydrogen-bond acceptors (Lipinski definition) is 3. The SMILES string of the molecule is COC(=O)Cc1cnc(C(F)(F)F)cc1C(F)F. The topological polar surface area (TPSA) is 39.2 Å². The monoisotopic (exact) mass is 269 g/mol. The van der Waals surface area contributed by atoms with Crippen LogP contribution in [0.3, 0.4) is 0 Å². The third-order valence-corrected chi connectivity index (χ3v) is 2.11. The molecule has 18 heavy (non-hydrogen) atoms. The molecule has 0 aliphatic carbocycles. The van der Waals surface area contributed by atoms with Crippen molar-refractivity contribution in [3.05, 3.63) is 29.1 Å². The average Bonchev–Trinajstić information content (AvgIpc) is 2.27. The van der Waals surface area contributed by atoms with Gasteiger partial charge in [0.2, 0.25) is 0 Å². The van der Waals surface area contributed by atoms with E-state index in [1.165, 1.54) is 0 Å². The predicted molar refractivity (Wildman–Crippen MR) is 49.9 cm³/mol. The molecule has 0 amide bonds. The fourth-order valence-electron chi connectivity index (χ4n) is 1.23. The minimum atomic E-state index is -4.81. The van der Waals surface area contributed by atoms with Gasteiger partial charge in [-0.25, -0.2) is 8.78 Å². The van der Waals surface area contributed by atoms with E-state index in [0.29, 0.717) is 6.20 Å². The highest BCUT2D eigenvalue weighted by molar-refractivity contribution is 5.72. The van der Waals surface area contributed by atoms with Gasteiger partial charge in [-0.3, -0.25) is 9.78 Å². The summed E-state index contributed by atoms with van der Waals surface area (Å²) in [6.07, 6.45) is -7.88. The van der Waals surface area contributed by atoms with E-state index < -0.39 is 36.2 Å². The Hall–Kier alpha value is -1.73. The van der Waals surface area contributed by atoms with E-state index in [1.54, 1.807) is 0 Å². The molecule has 1 heterocycles. The summed E-state index contributed by atoms with van der Waals surface area (Å²) in [6.45, 7) is 0. The lowest BCUT2D eigenvalue weighted by atomic mass is 10.1. The molecule has 0 atom stereocenters. The fraction of sp³-hybridized carbons (Fsp3) is 0.400. The van der Waals surface area contributed by atoms with Gasteiger partial charge in [0.05, 0.1) is 13.5 Å². The van der Waals surface area contributed by atoms with Crippen LogP contribution in [0.2, 0.25) is 0 Å². The van der Waals surface area contributed by atoms with Crippen LogP contribution in [-0.2, 0) is 22.1 Å². The van der Waals surface area contributed by atoms with Gasteiger partial charge >= 0.3 is 12.1 Å². The number of carbonyl (C=O) groups is 1. The average molecular weight is 269 g/mol. The lowest BCUT2D eigenvalue weighted by Crippen LogP contribution is -2.12. The molecule has 0 aliphatic rings. The number of pyridine rings is 1. The fourth-order valence-corrected chi connectivity index (χ4v) is 1.23. The first-order chi connectivity index (χ1) is 8.25. The number of rotatable bonds is 3. The highest BCUT2D eigenvalue weighted by Crippen LogP contribution is 2.32. The van der Waals surface area contributed by atoms with Gasteiger partial charge in [0.1, 0.15) is 5.69 Å². The molecule has 1 aromatic heterocycles. The van der Waals surface area contributed by atoms with Crippen LogP contribution in [-0.4, -0.2) is 18.1 Å². The van der Waals surface area contributed by atoms with E-state index in [0.717, 1.165) is 7.11 Å². The second kappa shape index (κ2) is 5.28. The van der Waals surface area contributed by atoms with Crippen LogP contribution >= 0.6 is 0 Å². The van der Waals surface area contributed by atoms with Crippen LogP contribution in [0.5, 0.6) is 0 Å². The molecule has 0 aromatic carbocycles. The van der Waals surface area contributed by atoms with Gasteiger partial charge in [0, 0.05) is 11.8 Å². The molecule has 1 rings (SSSR count). The summed E-state index contributed by atoms with van der Waals surface area (Å²) in [4.78, 5) is 13.9. The molecule has 0 aliphatic heterocycles. The summed E-state index contributed by atoms with van der Waals surface area (Å²) in [7, 11) is 1.04. The van der Waals surface area contributed by atoms with Crippen LogP contribution in [0, 0.1) is 0 Å². The number of esters is 1. The maximum atomic E-state index is 12.6. The van der Waals surface area contributed by atoms with Gasteiger partial charge < -0.3 is 4.74 Å². The smallest absolute Gasteiger partial charge is 0.433 e. The first-order valence-electron chi connectivity index (χ1n) is 4.66. The van der Waals surface area contributed by atoms with Crippen molar-refractivity contribution in [3.8, 4) is 0 Å². The summed E-state index contributed by atoms with van der Waals surface area (Å²) in [6, 6.07) is 0.239. The summed E-state index contributed by atoms with van der Waals surface area (Å²) in [5, 5.41) is 0. The number of methoxy groups -OCH3 is 1. The van der Waals surface area contributed by atoms with Crippen molar-refractivity contribution < 1.29 is 31.5 Å². The quantitative estimate of drug-likeness (QED) is 0.625. The van der Waals surface area contributed by atoms with Crippen LogP contribution in [0.4, 0.5) is 22.0 Å². The van der Waals surface area contributed by atoms with Crippen molar-refractivity contribution in [2.75, 3.05) is 7.11 Å². The van der Waals surface area contributed by atoms with Gasteiger partial charge in [0.25, 0.3) is 6.43 Å². The maximum Gasteiger partial charge on any atom is 0.433 e. The van der Waals surface area contributed by atoms with Crippen molar-refractivity contribution in [2.24, 2.45) is 0 Å². The summed E-state index contributed by atoms with van der Waals surface area (Å²) in [5.74, 6) is -0.835. The van der Waals surface area contributed by atoms with Gasteiger partial charge in [-0.1, -0.05) is 0 Å². The van der Waals surface area contributed by atoms with Crippen LogP contribution in [0.15, 0.2) is 12.3 Å². The van der Waals surface area contributed by atoms with Gasteiger partial charge in [-0.05, 0) is 11.6 Å². The molecule has 0 N–H and O–H groups in total. The van der Waals surface area contributed by atoms with Crippen molar-refractivity contribution >= 4 is 5.97 Å². The molecule has 0 saturated heterocycles. The molecule has 0 radical (unpaired) electrons. The second-order valence-corrected chi connectivity index (χ2v) is 3.32. The molecule has 1 aromatic rings. The van der Waals surface area contributed by atoms with Gasteiger partial charge in [-0.2, -0.15) is 13.2 Å². The first kappa shape index (κ1) is 14.3. The summed E-state index contributed by atoms with van der Waals surface area (Å²) >= 11 is 0. The molecular weight excluding hydrogens is 261 g/mol. The number of alkyl halides is 5. The molecule has 0 unspecified atom stereocenters. The predicted octanol–water partition coefficient (Wildman–Crippen LogP) is 2.75. The van der Waals surface area contributed by atoms with E-state index in [1.807, 2.05) is 0 Å². The zero-order chi connectivity index (χ0) is 13.9. The third kappa shape index (κ3) is 3.38. The Labute approximate surface area is 98.6 Å². The van der Waals surface area contributed by atoms with E-state index in [4.69, 9.17) is 0 Å². The van der Waals surface area contributed by atoms with Crippen LogP contribution in [0.1, 0.15) is 23.2 Å². The zero-order valence-electron chi connectivity index (χ0n) is 9.09. The second-order valence-electron chi connectivity index (χ2n) is 3.32. The number of aromatic nitrogens is 1. The van der Waals surface area contributed by atoms with Crippen molar-refractivity contribution in [1.29, 1.82) is 0 Å². The Morgan fingerprint density at radius 3 is 2.50 bits per heavy atom. The molecule has 100 valence electrons. The van der Waals surface area contributed by atoms with E-state index in [-0.39, 0.29) is 11.6 Å². The van der Waals surface area contributed by atoms with Gasteiger partial charge in [-0.15, -0.1) is 0 Å². The highest BCUT2D eigenvalue weighted by atomic mass is 19.4. The maximum absolute atomic E-state index is 12.6. The minimum Gasteiger partial charge on any atom is -0.469 e. The Morgan fingerprint density at radius 1 is 1.44 bits per heavy atom. The molecule has 8 heteroatoms. The summed E-state index contributed by atoms with van der Waals surface area (Å²) in [5.41, 5.74) is -2.58. The van der Waals surface area contributed by atoms with Crippen molar-refractivity contribution in [3.63, 3.8) is 0 Å². The molecule has 3 nitrogen and oxygen atoms in total. The van der Waals surface area contributed by atoms with Crippen molar-refractivity contribution in [2.45, 2.75) is 19.0 Å². The third-order valence-electron chi connectivity index (χ3n) is 2.11. The standard InChI is InChI=1S/C10H8F5NO2/c1-18-8(17)2-5-4-16-7(10(13,14)15)3-6(5)9(11)12/h3-4,9H,2H2,1H3. The Balaban J connectivity index is 3.17. The minimum absolute atomic E-state index is 0.239. The Morgan fingerprint density at radius 2 is 2.06 bits per heavy atom. The number of carbonyl (C=O) groups excluding carboxylic acids is 1.